The molecule has 98 valence electrons. The maximum Gasteiger partial charge on any atom is 0.0206 e. The number of benzene rings is 1. The molecule has 0 bridgehead atoms. The summed E-state index contributed by atoms with van der Waals surface area (Å²) in [6.45, 7) is 10.4. The van der Waals surface area contributed by atoms with E-state index in [0.717, 1.165) is 26.2 Å². The first-order chi connectivity index (χ1) is 8.43. The zero-order valence-electron chi connectivity index (χ0n) is 11.6. The van der Waals surface area contributed by atoms with Crippen molar-refractivity contribution in [1.29, 1.82) is 0 Å². The summed E-state index contributed by atoms with van der Waals surface area (Å²) in [4.78, 5) is 0. The smallest absolute Gasteiger partial charge is 0.0206 e. The van der Waals surface area contributed by atoms with Gasteiger partial charge in [-0.05, 0) is 18.5 Å². The van der Waals surface area contributed by atoms with E-state index < -0.39 is 0 Å². The fourth-order valence-corrected chi connectivity index (χ4v) is 1.43. The molecule has 2 nitrogen and oxygen atoms in total. The van der Waals surface area contributed by atoms with Crippen LogP contribution in [-0.2, 0) is 6.54 Å². The molecule has 2 N–H and O–H groups in total. The zero-order chi connectivity index (χ0) is 12.8. The normalized spacial score (nSPS) is 9.59. The second-order valence-corrected chi connectivity index (χ2v) is 3.77. The minimum Gasteiger partial charge on any atom is -0.315 e. The lowest BCUT2D eigenvalue weighted by Crippen LogP contribution is -2.27. The lowest BCUT2D eigenvalue weighted by atomic mass is 10.2. The summed E-state index contributed by atoms with van der Waals surface area (Å²) >= 11 is 0. The van der Waals surface area contributed by atoms with Crippen molar-refractivity contribution < 1.29 is 0 Å². The van der Waals surface area contributed by atoms with E-state index in [9.17, 15) is 0 Å². The molecule has 0 aromatic heterocycles. The molecule has 1 aromatic carbocycles. The molecule has 0 heterocycles. The van der Waals surface area contributed by atoms with Crippen LogP contribution in [0.4, 0.5) is 0 Å². The third-order valence-corrected chi connectivity index (χ3v) is 2.36. The third-order valence-electron chi connectivity index (χ3n) is 2.36. The van der Waals surface area contributed by atoms with Gasteiger partial charge in [-0.2, -0.15) is 0 Å². The summed E-state index contributed by atoms with van der Waals surface area (Å²) in [5.41, 5.74) is 1.35. The molecule has 0 fully saturated rings. The Morgan fingerprint density at radius 2 is 1.53 bits per heavy atom. The van der Waals surface area contributed by atoms with Gasteiger partial charge in [0.15, 0.2) is 0 Å². The van der Waals surface area contributed by atoms with Gasteiger partial charge in [0.1, 0.15) is 0 Å². The number of hydrogen-bond acceptors (Lipinski definition) is 2. The van der Waals surface area contributed by atoms with Crippen LogP contribution in [0.5, 0.6) is 0 Å². The van der Waals surface area contributed by atoms with E-state index in [1.807, 2.05) is 13.8 Å². The summed E-state index contributed by atoms with van der Waals surface area (Å²) in [7, 11) is 0. The van der Waals surface area contributed by atoms with E-state index in [2.05, 4.69) is 47.9 Å². The van der Waals surface area contributed by atoms with Gasteiger partial charge in [0.25, 0.3) is 0 Å². The molecule has 0 unspecified atom stereocenters. The van der Waals surface area contributed by atoms with Crippen LogP contribution in [0.15, 0.2) is 30.3 Å². The summed E-state index contributed by atoms with van der Waals surface area (Å²) in [6, 6.07) is 10.5. The first kappa shape index (κ1) is 16.1. The fraction of sp³-hybridized carbons (Fsp3) is 0.600. The van der Waals surface area contributed by atoms with Crippen molar-refractivity contribution in [3.8, 4) is 0 Å². The Bertz CT molecular complexity index is 234. The maximum atomic E-state index is 3.42. The SMILES string of the molecule is CC.CCCCNCCNCc1ccccc1. The van der Waals surface area contributed by atoms with E-state index in [0.29, 0.717) is 0 Å². The molecule has 1 rings (SSSR count). The van der Waals surface area contributed by atoms with Gasteiger partial charge in [-0.15, -0.1) is 0 Å². The Morgan fingerprint density at radius 3 is 2.18 bits per heavy atom. The van der Waals surface area contributed by atoms with Crippen LogP contribution in [0.1, 0.15) is 39.2 Å². The van der Waals surface area contributed by atoms with Crippen molar-refractivity contribution in [1.82, 2.24) is 10.6 Å². The van der Waals surface area contributed by atoms with Gasteiger partial charge in [-0.25, -0.2) is 0 Å². The Hall–Kier alpha value is -0.860. The lowest BCUT2D eigenvalue weighted by molar-refractivity contribution is 0.593. The predicted molar refractivity (Wildman–Crippen MR) is 77.3 cm³/mol. The predicted octanol–water partition coefficient (Wildman–Crippen LogP) is 3.19. The monoisotopic (exact) mass is 236 g/mol. The van der Waals surface area contributed by atoms with Crippen molar-refractivity contribution in [3.63, 3.8) is 0 Å². The molecule has 0 saturated carbocycles. The minimum atomic E-state index is 0.969. The average Bonchev–Trinajstić information content (AvgIpc) is 2.41. The van der Waals surface area contributed by atoms with E-state index in [1.54, 1.807) is 0 Å². The Kier molecular flexibility index (Phi) is 12.5. The molecule has 0 amide bonds. The van der Waals surface area contributed by atoms with Crippen LogP contribution in [0, 0.1) is 0 Å². The van der Waals surface area contributed by atoms with Gasteiger partial charge < -0.3 is 10.6 Å². The van der Waals surface area contributed by atoms with Crippen LogP contribution >= 0.6 is 0 Å². The van der Waals surface area contributed by atoms with E-state index in [-0.39, 0.29) is 0 Å². The standard InChI is InChI=1S/C13H22N2.C2H6/c1-2-3-9-14-10-11-15-12-13-7-5-4-6-8-13;1-2/h4-8,14-15H,2-3,9-12H2,1H3;1-2H3. The zero-order valence-corrected chi connectivity index (χ0v) is 11.6. The van der Waals surface area contributed by atoms with Crippen molar-refractivity contribution in [2.75, 3.05) is 19.6 Å². The highest BCUT2D eigenvalue weighted by Gasteiger charge is 1.90. The number of hydrogen-bond donors (Lipinski definition) is 2. The molecule has 1 aromatic rings. The van der Waals surface area contributed by atoms with Gasteiger partial charge in [-0.3, -0.25) is 0 Å². The molecule has 0 spiro atoms. The van der Waals surface area contributed by atoms with Gasteiger partial charge in [-0.1, -0.05) is 57.5 Å². The number of nitrogens with one attached hydrogen (secondary N) is 2. The summed E-state index contributed by atoms with van der Waals surface area (Å²) in [6.07, 6.45) is 2.54. The maximum absolute atomic E-state index is 3.42. The Balaban J connectivity index is 0.00000121. The van der Waals surface area contributed by atoms with E-state index >= 15 is 0 Å². The van der Waals surface area contributed by atoms with E-state index in [1.165, 1.54) is 18.4 Å². The molecule has 0 atom stereocenters. The minimum absolute atomic E-state index is 0.969. The molecule has 0 aliphatic heterocycles. The summed E-state index contributed by atoms with van der Waals surface area (Å²) < 4.78 is 0. The van der Waals surface area contributed by atoms with Crippen LogP contribution in [0.25, 0.3) is 0 Å². The van der Waals surface area contributed by atoms with Crippen LogP contribution in [0.2, 0.25) is 0 Å². The fourth-order valence-electron chi connectivity index (χ4n) is 1.43. The average molecular weight is 236 g/mol. The van der Waals surface area contributed by atoms with Crippen molar-refractivity contribution in [2.45, 2.75) is 40.2 Å². The van der Waals surface area contributed by atoms with E-state index in [4.69, 9.17) is 0 Å². The highest BCUT2D eigenvalue weighted by atomic mass is 14.9. The highest BCUT2D eigenvalue weighted by molar-refractivity contribution is 5.14. The van der Waals surface area contributed by atoms with Gasteiger partial charge in [0, 0.05) is 19.6 Å². The summed E-state index contributed by atoms with van der Waals surface area (Å²) in [5, 5.41) is 6.83. The van der Waals surface area contributed by atoms with Gasteiger partial charge in [0.05, 0.1) is 0 Å². The largest absolute Gasteiger partial charge is 0.315 e. The highest BCUT2D eigenvalue weighted by Crippen LogP contribution is 1.96. The second-order valence-electron chi connectivity index (χ2n) is 3.77. The number of rotatable bonds is 8. The topological polar surface area (TPSA) is 24.1 Å². The number of unbranched alkanes of at least 4 members (excludes halogenated alkanes) is 1. The van der Waals surface area contributed by atoms with Crippen molar-refractivity contribution in [2.24, 2.45) is 0 Å². The van der Waals surface area contributed by atoms with Crippen molar-refractivity contribution >= 4 is 0 Å². The van der Waals surface area contributed by atoms with Crippen molar-refractivity contribution in [3.05, 3.63) is 35.9 Å². The second kappa shape index (κ2) is 13.2. The molecular formula is C15H28N2. The Morgan fingerprint density at radius 1 is 0.882 bits per heavy atom. The molecule has 0 radical (unpaired) electrons. The quantitative estimate of drug-likeness (QED) is 0.677. The Labute approximate surface area is 107 Å². The molecule has 2 heteroatoms. The molecular weight excluding hydrogens is 208 g/mol. The molecule has 0 saturated heterocycles. The van der Waals surface area contributed by atoms with Gasteiger partial charge in [0.2, 0.25) is 0 Å². The van der Waals surface area contributed by atoms with Gasteiger partial charge >= 0.3 is 0 Å². The van der Waals surface area contributed by atoms with Crippen LogP contribution in [0.3, 0.4) is 0 Å². The van der Waals surface area contributed by atoms with Crippen LogP contribution < -0.4 is 10.6 Å². The molecule has 0 aliphatic rings. The van der Waals surface area contributed by atoms with Crippen LogP contribution in [-0.4, -0.2) is 19.6 Å². The molecule has 17 heavy (non-hydrogen) atoms. The first-order valence-electron chi connectivity index (χ1n) is 6.89. The first-order valence-corrected chi connectivity index (χ1v) is 6.89. The lowest BCUT2D eigenvalue weighted by Gasteiger charge is -2.06. The third kappa shape index (κ3) is 10.0. The molecule has 0 aliphatic carbocycles. The summed E-state index contributed by atoms with van der Waals surface area (Å²) in [5.74, 6) is 0.